The Morgan fingerprint density at radius 3 is 1.86 bits per heavy atom. The first-order valence-corrected chi connectivity index (χ1v) is 9.27. The highest BCUT2D eigenvalue weighted by Crippen LogP contribution is 2.42. The van der Waals surface area contributed by atoms with Gasteiger partial charge in [-0.05, 0) is 41.5 Å². The molecule has 2 aromatic rings. The molecule has 0 heterocycles. The molecule has 0 spiro atoms. The van der Waals surface area contributed by atoms with E-state index in [0.717, 1.165) is 24.5 Å². The summed E-state index contributed by atoms with van der Waals surface area (Å²) in [5.41, 5.74) is 2.20. The molecule has 0 N–H and O–H groups in total. The first-order valence-electron chi connectivity index (χ1n) is 5.97. The molecule has 0 aromatic heterocycles. The van der Waals surface area contributed by atoms with Gasteiger partial charge in [-0.2, -0.15) is 0 Å². The van der Waals surface area contributed by atoms with E-state index in [1.165, 1.54) is 0 Å². The molecule has 2 aromatic carbocycles. The summed E-state index contributed by atoms with van der Waals surface area (Å²) in [6, 6.07) is 10.0. The van der Waals surface area contributed by atoms with Crippen LogP contribution in [0, 0.1) is 0 Å². The molecule has 112 valence electrons. The molecule has 2 nitrogen and oxygen atoms in total. The van der Waals surface area contributed by atoms with Gasteiger partial charge in [0, 0.05) is 13.4 Å². The van der Waals surface area contributed by atoms with Crippen LogP contribution >= 0.6 is 63.7 Å². The number of ether oxygens (including phenoxy) is 2. The zero-order valence-corrected chi connectivity index (χ0v) is 17.6. The Labute approximate surface area is 157 Å². The normalized spacial score (nSPS) is 12.1. The van der Waals surface area contributed by atoms with Gasteiger partial charge in [-0.3, -0.25) is 0 Å². The maximum atomic E-state index is 5.38. The van der Waals surface area contributed by atoms with Crippen LogP contribution in [-0.2, 0) is 0 Å². The topological polar surface area (TPSA) is 18.5 Å². The van der Waals surface area contributed by atoms with Crippen molar-refractivity contribution in [1.82, 2.24) is 0 Å². The van der Waals surface area contributed by atoms with E-state index in [9.17, 15) is 0 Å². The minimum Gasteiger partial charge on any atom is -0.493 e. The summed E-state index contributed by atoms with van der Waals surface area (Å²) >= 11 is 14.4. The van der Waals surface area contributed by atoms with Gasteiger partial charge in [0.1, 0.15) is 0 Å². The maximum absolute atomic E-state index is 5.38. The number of halogens is 4. The zero-order chi connectivity index (χ0) is 15.6. The Hall–Kier alpha value is -0.0400. The van der Waals surface area contributed by atoms with Crippen LogP contribution in [-0.4, -0.2) is 14.2 Å². The molecule has 0 aliphatic heterocycles. The van der Waals surface area contributed by atoms with Gasteiger partial charge in [0.15, 0.2) is 11.5 Å². The average Bonchev–Trinajstić information content (AvgIpc) is 2.45. The zero-order valence-electron chi connectivity index (χ0n) is 11.3. The smallest absolute Gasteiger partial charge is 0.161 e. The molecule has 0 saturated heterocycles. The van der Waals surface area contributed by atoms with Crippen LogP contribution in [0.3, 0.4) is 0 Å². The van der Waals surface area contributed by atoms with Crippen molar-refractivity contribution in [2.45, 2.75) is 4.83 Å². The minimum atomic E-state index is 0.0282. The summed E-state index contributed by atoms with van der Waals surface area (Å²) in [7, 11) is 3.26. The third-order valence-corrected chi connectivity index (χ3v) is 5.58. The van der Waals surface area contributed by atoms with E-state index < -0.39 is 0 Å². The van der Waals surface area contributed by atoms with Crippen molar-refractivity contribution in [2.75, 3.05) is 14.2 Å². The van der Waals surface area contributed by atoms with Gasteiger partial charge >= 0.3 is 0 Å². The fraction of sp³-hybridized carbons (Fsp3) is 0.200. The van der Waals surface area contributed by atoms with Crippen LogP contribution in [0.15, 0.2) is 43.7 Å². The molecule has 0 fully saturated rings. The lowest BCUT2D eigenvalue weighted by Gasteiger charge is -2.17. The van der Waals surface area contributed by atoms with Crippen molar-refractivity contribution in [1.29, 1.82) is 0 Å². The van der Waals surface area contributed by atoms with Gasteiger partial charge in [0.05, 0.1) is 19.0 Å². The molecule has 1 atom stereocenters. The Morgan fingerprint density at radius 2 is 1.33 bits per heavy atom. The molecular formula is C15H12Br4O2. The van der Waals surface area contributed by atoms with Crippen LogP contribution in [0.1, 0.15) is 16.0 Å². The van der Waals surface area contributed by atoms with Crippen LogP contribution < -0.4 is 9.47 Å². The van der Waals surface area contributed by atoms with Crippen molar-refractivity contribution < 1.29 is 9.47 Å². The van der Waals surface area contributed by atoms with Crippen LogP contribution in [0.2, 0.25) is 0 Å². The molecule has 21 heavy (non-hydrogen) atoms. The highest BCUT2D eigenvalue weighted by Gasteiger charge is 2.18. The summed E-state index contributed by atoms with van der Waals surface area (Å²) in [5, 5.41) is 0. The summed E-state index contributed by atoms with van der Waals surface area (Å²) in [6.07, 6.45) is 0. The third-order valence-electron chi connectivity index (χ3n) is 2.95. The molecule has 0 bridgehead atoms. The van der Waals surface area contributed by atoms with Crippen molar-refractivity contribution in [2.24, 2.45) is 0 Å². The second-order valence-corrected chi connectivity index (χ2v) is 7.90. The van der Waals surface area contributed by atoms with Crippen LogP contribution in [0.25, 0.3) is 0 Å². The molecule has 0 aliphatic carbocycles. The molecule has 0 amide bonds. The number of alkyl halides is 1. The Kier molecular flexibility index (Phi) is 6.17. The van der Waals surface area contributed by atoms with Crippen molar-refractivity contribution in [3.05, 3.63) is 54.9 Å². The SMILES string of the molecule is COc1cc(Br)c(C(Br)c2cc(Br)cc(Br)c2)cc1OC. The largest absolute Gasteiger partial charge is 0.493 e. The highest BCUT2D eigenvalue weighted by atomic mass is 79.9. The molecule has 0 saturated carbocycles. The second kappa shape index (κ2) is 7.49. The molecule has 0 aliphatic rings. The number of rotatable bonds is 4. The Bertz CT molecular complexity index is 638. The molecule has 6 heteroatoms. The van der Waals surface area contributed by atoms with E-state index in [0.29, 0.717) is 11.5 Å². The minimum absolute atomic E-state index is 0.0282. The number of benzene rings is 2. The summed E-state index contributed by atoms with van der Waals surface area (Å²) < 4.78 is 13.7. The van der Waals surface area contributed by atoms with Gasteiger partial charge in [-0.15, -0.1) is 0 Å². The standard InChI is InChI=1S/C15H12Br4O2/c1-20-13-6-11(12(18)7-14(13)21-2)15(19)8-3-9(16)5-10(17)4-8/h3-7,15H,1-2H3. The lowest BCUT2D eigenvalue weighted by atomic mass is 10.0. The first kappa shape index (κ1) is 17.3. The van der Waals surface area contributed by atoms with Gasteiger partial charge in [-0.1, -0.05) is 63.7 Å². The highest BCUT2D eigenvalue weighted by molar-refractivity contribution is 9.11. The predicted molar refractivity (Wildman–Crippen MR) is 99.9 cm³/mol. The van der Waals surface area contributed by atoms with E-state index >= 15 is 0 Å². The van der Waals surface area contributed by atoms with E-state index in [1.54, 1.807) is 14.2 Å². The van der Waals surface area contributed by atoms with E-state index in [-0.39, 0.29) is 4.83 Å². The molecular weight excluding hydrogens is 532 g/mol. The van der Waals surface area contributed by atoms with Crippen molar-refractivity contribution in [3.8, 4) is 11.5 Å². The summed E-state index contributed by atoms with van der Waals surface area (Å²) in [4.78, 5) is 0.0282. The molecule has 0 radical (unpaired) electrons. The predicted octanol–water partition coefficient (Wildman–Crippen LogP) is 6.48. The molecule has 2 rings (SSSR count). The fourth-order valence-electron chi connectivity index (χ4n) is 1.97. The van der Waals surface area contributed by atoms with Gasteiger partial charge < -0.3 is 9.47 Å². The summed E-state index contributed by atoms with van der Waals surface area (Å²) in [5.74, 6) is 1.40. The van der Waals surface area contributed by atoms with Crippen LogP contribution in [0.5, 0.6) is 11.5 Å². The lowest BCUT2D eigenvalue weighted by molar-refractivity contribution is 0.354. The maximum Gasteiger partial charge on any atom is 0.161 e. The van der Waals surface area contributed by atoms with Crippen molar-refractivity contribution in [3.63, 3.8) is 0 Å². The van der Waals surface area contributed by atoms with Gasteiger partial charge in [0.2, 0.25) is 0 Å². The van der Waals surface area contributed by atoms with Gasteiger partial charge in [0.25, 0.3) is 0 Å². The average molecular weight is 544 g/mol. The monoisotopic (exact) mass is 540 g/mol. The van der Waals surface area contributed by atoms with Crippen molar-refractivity contribution >= 4 is 63.7 Å². The van der Waals surface area contributed by atoms with E-state index in [4.69, 9.17) is 9.47 Å². The second-order valence-electron chi connectivity index (χ2n) is 4.29. The Balaban J connectivity index is 2.49. The first-order chi connectivity index (χ1) is 9.96. The quantitative estimate of drug-likeness (QED) is 0.411. The number of hydrogen-bond donors (Lipinski definition) is 0. The van der Waals surface area contributed by atoms with E-state index in [2.05, 4.69) is 75.9 Å². The lowest BCUT2D eigenvalue weighted by Crippen LogP contribution is -1.98. The third kappa shape index (κ3) is 4.03. The molecule has 1 unspecified atom stereocenters. The number of methoxy groups -OCH3 is 2. The Morgan fingerprint density at radius 1 is 0.810 bits per heavy atom. The summed E-state index contributed by atoms with van der Waals surface area (Å²) in [6.45, 7) is 0. The fourth-order valence-corrected chi connectivity index (χ4v) is 4.80. The number of hydrogen-bond acceptors (Lipinski definition) is 2. The van der Waals surface area contributed by atoms with E-state index in [1.807, 2.05) is 18.2 Å². The van der Waals surface area contributed by atoms with Crippen LogP contribution in [0.4, 0.5) is 0 Å². The van der Waals surface area contributed by atoms with Gasteiger partial charge in [-0.25, -0.2) is 0 Å².